The van der Waals surface area contributed by atoms with E-state index in [1.54, 1.807) is 7.05 Å². The van der Waals surface area contributed by atoms with Crippen LogP contribution in [0.4, 0.5) is 0 Å². The first-order valence-corrected chi connectivity index (χ1v) is 5.48. The Morgan fingerprint density at radius 2 is 2.06 bits per heavy atom. The summed E-state index contributed by atoms with van der Waals surface area (Å²) < 4.78 is 5.55. The van der Waals surface area contributed by atoms with Crippen LogP contribution in [0.3, 0.4) is 0 Å². The molecule has 0 radical (unpaired) electrons. The first-order chi connectivity index (χ1) is 7.70. The van der Waals surface area contributed by atoms with Gasteiger partial charge in [-0.3, -0.25) is 0 Å². The van der Waals surface area contributed by atoms with Crippen LogP contribution in [0.2, 0.25) is 0 Å². The maximum Gasteiger partial charge on any atom is 0.119 e. The first kappa shape index (κ1) is 12.5. The van der Waals surface area contributed by atoms with Crippen molar-refractivity contribution in [3.8, 4) is 11.8 Å². The van der Waals surface area contributed by atoms with Crippen molar-refractivity contribution in [1.82, 2.24) is 5.32 Å². The second kappa shape index (κ2) is 6.14. The molecule has 3 nitrogen and oxygen atoms in total. The third-order valence-electron chi connectivity index (χ3n) is 2.63. The lowest BCUT2D eigenvalue weighted by molar-refractivity contribution is 0.289. The van der Waals surface area contributed by atoms with Gasteiger partial charge in [0.2, 0.25) is 0 Å². The number of ether oxygens (including phenoxy) is 1. The molecule has 16 heavy (non-hydrogen) atoms. The number of hydrogen-bond donors (Lipinski definition) is 1. The molecule has 0 aliphatic rings. The van der Waals surface area contributed by atoms with Crippen molar-refractivity contribution < 1.29 is 4.74 Å². The largest absolute Gasteiger partial charge is 0.494 e. The highest BCUT2D eigenvalue weighted by Crippen LogP contribution is 2.12. The molecule has 0 saturated carbocycles. The van der Waals surface area contributed by atoms with Crippen molar-refractivity contribution in [3.05, 3.63) is 30.3 Å². The average Bonchev–Trinajstić information content (AvgIpc) is 2.36. The summed E-state index contributed by atoms with van der Waals surface area (Å²) in [7, 11) is 1.81. The number of rotatable bonds is 6. The normalized spacial score (nSPS) is 13.8. The lowest BCUT2D eigenvalue weighted by Crippen LogP contribution is -2.38. The molecular weight excluding hydrogens is 200 g/mol. The van der Waals surface area contributed by atoms with E-state index in [0.29, 0.717) is 6.61 Å². The molecule has 1 rings (SSSR count). The van der Waals surface area contributed by atoms with Gasteiger partial charge in [-0.15, -0.1) is 0 Å². The van der Waals surface area contributed by atoms with Crippen LogP contribution in [0.1, 0.15) is 19.8 Å². The Morgan fingerprint density at radius 3 is 2.62 bits per heavy atom. The van der Waals surface area contributed by atoms with Crippen molar-refractivity contribution >= 4 is 0 Å². The summed E-state index contributed by atoms with van der Waals surface area (Å²) in [5.74, 6) is 0.880. The summed E-state index contributed by atoms with van der Waals surface area (Å²) in [4.78, 5) is 0. The average molecular weight is 218 g/mol. The van der Waals surface area contributed by atoms with Gasteiger partial charge in [0.05, 0.1) is 12.7 Å². The van der Waals surface area contributed by atoms with Crippen LogP contribution in [-0.2, 0) is 0 Å². The van der Waals surface area contributed by atoms with Crippen molar-refractivity contribution in [1.29, 1.82) is 5.26 Å². The predicted octanol–water partition coefficient (Wildman–Crippen LogP) is 2.35. The Hall–Kier alpha value is -1.53. The number of nitriles is 1. The van der Waals surface area contributed by atoms with Gasteiger partial charge < -0.3 is 10.1 Å². The Kier molecular flexibility index (Phi) is 4.81. The lowest BCUT2D eigenvalue weighted by Gasteiger charge is -2.20. The van der Waals surface area contributed by atoms with Crippen LogP contribution in [0.15, 0.2) is 30.3 Å². The van der Waals surface area contributed by atoms with Crippen molar-refractivity contribution in [2.75, 3.05) is 13.7 Å². The summed E-state index contributed by atoms with van der Waals surface area (Å²) in [6.07, 6.45) is 1.65. The quantitative estimate of drug-likeness (QED) is 0.745. The van der Waals surface area contributed by atoms with Crippen LogP contribution in [0.25, 0.3) is 0 Å². The lowest BCUT2D eigenvalue weighted by atomic mass is 9.98. The molecule has 0 bridgehead atoms. The Morgan fingerprint density at radius 1 is 1.38 bits per heavy atom. The van der Waals surface area contributed by atoms with Gasteiger partial charge in [0.25, 0.3) is 0 Å². The molecule has 1 atom stereocenters. The minimum absolute atomic E-state index is 0.444. The minimum atomic E-state index is -0.444. The highest BCUT2D eigenvalue weighted by atomic mass is 16.5. The molecule has 1 aromatic carbocycles. The van der Waals surface area contributed by atoms with Gasteiger partial charge in [-0.05, 0) is 38.9 Å². The molecule has 0 aromatic heterocycles. The van der Waals surface area contributed by atoms with Crippen molar-refractivity contribution in [3.63, 3.8) is 0 Å². The maximum absolute atomic E-state index is 8.95. The summed E-state index contributed by atoms with van der Waals surface area (Å²) in [5, 5.41) is 12.0. The molecular formula is C13H18N2O. The van der Waals surface area contributed by atoms with E-state index in [0.717, 1.165) is 18.6 Å². The molecule has 1 unspecified atom stereocenters. The first-order valence-electron chi connectivity index (χ1n) is 5.48. The number of benzene rings is 1. The molecule has 1 aromatic rings. The summed E-state index contributed by atoms with van der Waals surface area (Å²) in [6, 6.07) is 12.0. The highest BCUT2D eigenvalue weighted by molar-refractivity contribution is 5.20. The molecule has 0 saturated heterocycles. The number of hydrogen-bond acceptors (Lipinski definition) is 3. The molecule has 3 heteroatoms. The molecule has 0 heterocycles. The summed E-state index contributed by atoms with van der Waals surface area (Å²) in [5.41, 5.74) is -0.444. The molecule has 0 fully saturated rings. The van der Waals surface area contributed by atoms with Gasteiger partial charge in [0, 0.05) is 0 Å². The molecule has 0 aliphatic heterocycles. The van der Waals surface area contributed by atoms with Gasteiger partial charge in [-0.2, -0.15) is 5.26 Å². The Labute approximate surface area is 97.0 Å². The maximum atomic E-state index is 8.95. The molecule has 0 aliphatic carbocycles. The van der Waals surface area contributed by atoms with E-state index in [1.165, 1.54) is 0 Å². The van der Waals surface area contributed by atoms with Crippen LogP contribution in [-0.4, -0.2) is 19.2 Å². The summed E-state index contributed by atoms with van der Waals surface area (Å²) >= 11 is 0. The fourth-order valence-electron chi connectivity index (χ4n) is 1.37. The zero-order valence-electron chi connectivity index (χ0n) is 9.86. The van der Waals surface area contributed by atoms with E-state index >= 15 is 0 Å². The Bertz CT molecular complexity index is 345. The predicted molar refractivity (Wildman–Crippen MR) is 64.2 cm³/mol. The zero-order valence-corrected chi connectivity index (χ0v) is 9.86. The smallest absolute Gasteiger partial charge is 0.119 e. The minimum Gasteiger partial charge on any atom is -0.494 e. The van der Waals surface area contributed by atoms with Gasteiger partial charge in [-0.25, -0.2) is 0 Å². The van der Waals surface area contributed by atoms with Gasteiger partial charge >= 0.3 is 0 Å². The van der Waals surface area contributed by atoms with E-state index in [9.17, 15) is 0 Å². The molecule has 1 N–H and O–H groups in total. The van der Waals surface area contributed by atoms with Crippen LogP contribution in [0, 0.1) is 11.3 Å². The van der Waals surface area contributed by atoms with Crippen molar-refractivity contribution in [2.24, 2.45) is 0 Å². The van der Waals surface area contributed by atoms with E-state index in [4.69, 9.17) is 10.00 Å². The van der Waals surface area contributed by atoms with E-state index in [1.807, 2.05) is 37.3 Å². The standard InChI is InChI=1S/C13H18N2O/c1-13(11-14,15-2)9-6-10-16-12-7-4-3-5-8-12/h3-5,7-8,15H,6,9-10H2,1-2H3. The number of nitrogens with zero attached hydrogens (tertiary/aromatic N) is 1. The topological polar surface area (TPSA) is 45.0 Å². The van der Waals surface area contributed by atoms with Crippen LogP contribution in [0.5, 0.6) is 5.75 Å². The fraction of sp³-hybridized carbons (Fsp3) is 0.462. The number of para-hydroxylation sites is 1. The molecule has 86 valence electrons. The molecule has 0 spiro atoms. The van der Waals surface area contributed by atoms with Gasteiger partial charge in [0.1, 0.15) is 11.3 Å². The van der Waals surface area contributed by atoms with Crippen LogP contribution < -0.4 is 10.1 Å². The van der Waals surface area contributed by atoms with Gasteiger partial charge in [0.15, 0.2) is 0 Å². The third kappa shape index (κ3) is 3.92. The highest BCUT2D eigenvalue weighted by Gasteiger charge is 2.19. The fourth-order valence-corrected chi connectivity index (χ4v) is 1.37. The SMILES string of the molecule is CNC(C)(C#N)CCCOc1ccccc1. The monoisotopic (exact) mass is 218 g/mol. The zero-order chi connectivity index (χ0) is 11.9. The van der Waals surface area contributed by atoms with Gasteiger partial charge in [-0.1, -0.05) is 18.2 Å². The third-order valence-corrected chi connectivity index (χ3v) is 2.63. The Balaban J connectivity index is 2.25. The number of nitrogens with one attached hydrogen (secondary N) is 1. The van der Waals surface area contributed by atoms with Crippen LogP contribution >= 0.6 is 0 Å². The van der Waals surface area contributed by atoms with E-state index in [-0.39, 0.29) is 0 Å². The van der Waals surface area contributed by atoms with E-state index < -0.39 is 5.54 Å². The van der Waals surface area contributed by atoms with E-state index in [2.05, 4.69) is 11.4 Å². The second-order valence-corrected chi connectivity index (χ2v) is 3.96. The summed E-state index contributed by atoms with van der Waals surface area (Å²) in [6.45, 7) is 2.54. The van der Waals surface area contributed by atoms with Crippen molar-refractivity contribution in [2.45, 2.75) is 25.3 Å². The second-order valence-electron chi connectivity index (χ2n) is 3.96. The molecule has 0 amide bonds.